The van der Waals surface area contributed by atoms with Gasteiger partial charge in [-0.15, -0.1) is 0 Å². The third-order valence-corrected chi connectivity index (χ3v) is 2.90. The van der Waals surface area contributed by atoms with Crippen molar-refractivity contribution in [2.24, 2.45) is 0 Å². The lowest BCUT2D eigenvalue weighted by Gasteiger charge is -2.08. The molecule has 4 heteroatoms. The maximum atomic E-state index is 13.6. The molecule has 3 N–H and O–H groups in total. The van der Waals surface area contributed by atoms with E-state index in [1.54, 1.807) is 36.4 Å². The van der Waals surface area contributed by atoms with Crippen LogP contribution in [-0.4, -0.2) is 5.71 Å². The van der Waals surface area contributed by atoms with E-state index in [1.165, 1.54) is 6.07 Å². The van der Waals surface area contributed by atoms with Gasteiger partial charge in [-0.25, -0.2) is 4.39 Å². The first kappa shape index (κ1) is 12.6. The molecule has 0 bridgehead atoms. The maximum Gasteiger partial charge on any atom is 0.128 e. The zero-order chi connectivity index (χ0) is 13.1. The molecular weight excluding hydrogens is 251 g/mol. The standard InChI is InChI=1S/C14H12ClFN2/c15-10-6-5-9(12(16)8-10)7-14(18)11-3-1-2-4-13(11)17/h1-6,8,18H,7,17H2. The van der Waals surface area contributed by atoms with Crippen LogP contribution in [0.15, 0.2) is 42.5 Å². The summed E-state index contributed by atoms with van der Waals surface area (Å²) < 4.78 is 13.6. The number of benzene rings is 2. The Morgan fingerprint density at radius 2 is 1.94 bits per heavy atom. The van der Waals surface area contributed by atoms with Gasteiger partial charge in [-0.2, -0.15) is 0 Å². The molecule has 2 rings (SSSR count). The normalized spacial score (nSPS) is 10.3. The van der Waals surface area contributed by atoms with E-state index in [0.717, 1.165) is 0 Å². The minimum absolute atomic E-state index is 0.192. The van der Waals surface area contributed by atoms with E-state index in [1.807, 2.05) is 0 Å². The van der Waals surface area contributed by atoms with Crippen LogP contribution in [0, 0.1) is 11.2 Å². The zero-order valence-electron chi connectivity index (χ0n) is 9.58. The number of nitrogens with one attached hydrogen (secondary N) is 1. The van der Waals surface area contributed by atoms with E-state index in [0.29, 0.717) is 21.8 Å². The number of hydrogen-bond donors (Lipinski definition) is 2. The Labute approximate surface area is 110 Å². The molecule has 18 heavy (non-hydrogen) atoms. The van der Waals surface area contributed by atoms with Gasteiger partial charge in [0.05, 0.1) is 0 Å². The van der Waals surface area contributed by atoms with E-state index in [4.69, 9.17) is 22.7 Å². The number of hydrogen-bond acceptors (Lipinski definition) is 2. The smallest absolute Gasteiger partial charge is 0.128 e. The lowest BCUT2D eigenvalue weighted by molar-refractivity contribution is 0.616. The van der Waals surface area contributed by atoms with Crippen molar-refractivity contribution >= 4 is 23.0 Å². The van der Waals surface area contributed by atoms with Gasteiger partial charge >= 0.3 is 0 Å². The first-order chi connectivity index (χ1) is 8.58. The van der Waals surface area contributed by atoms with Gasteiger partial charge in [-0.05, 0) is 23.8 Å². The molecule has 2 aromatic rings. The summed E-state index contributed by atoms with van der Waals surface area (Å²) in [5, 5.41) is 8.33. The van der Waals surface area contributed by atoms with Gasteiger partial charge in [0.25, 0.3) is 0 Å². The summed E-state index contributed by atoms with van der Waals surface area (Å²) in [7, 11) is 0. The van der Waals surface area contributed by atoms with Crippen LogP contribution in [0.4, 0.5) is 10.1 Å². The van der Waals surface area contributed by atoms with Gasteiger partial charge in [0.15, 0.2) is 0 Å². The number of anilines is 1. The van der Waals surface area contributed by atoms with Crippen molar-refractivity contribution in [3.8, 4) is 0 Å². The maximum absolute atomic E-state index is 13.6. The van der Waals surface area contributed by atoms with Crippen LogP contribution in [0.5, 0.6) is 0 Å². The first-order valence-electron chi connectivity index (χ1n) is 5.44. The predicted molar refractivity (Wildman–Crippen MR) is 72.8 cm³/mol. The molecule has 0 aromatic heterocycles. The summed E-state index contributed by atoms with van der Waals surface area (Å²) in [5.74, 6) is -0.401. The van der Waals surface area contributed by atoms with Gasteiger partial charge in [0.1, 0.15) is 5.82 Å². The van der Waals surface area contributed by atoms with E-state index in [-0.39, 0.29) is 12.1 Å². The molecule has 92 valence electrons. The molecule has 0 radical (unpaired) electrons. The molecule has 0 unspecified atom stereocenters. The Morgan fingerprint density at radius 3 is 2.61 bits per heavy atom. The van der Waals surface area contributed by atoms with Crippen LogP contribution in [0.3, 0.4) is 0 Å². The number of nitrogens with two attached hydrogens (primary N) is 1. The third kappa shape index (κ3) is 2.68. The predicted octanol–water partition coefficient (Wildman–Crippen LogP) is 3.67. The highest BCUT2D eigenvalue weighted by atomic mass is 35.5. The van der Waals surface area contributed by atoms with Crippen molar-refractivity contribution in [1.29, 1.82) is 5.41 Å². The Balaban J connectivity index is 2.24. The SMILES string of the molecule is N=C(Cc1ccc(Cl)cc1F)c1ccccc1N. The second-order valence-corrected chi connectivity index (χ2v) is 4.41. The van der Waals surface area contributed by atoms with Crippen LogP contribution < -0.4 is 5.73 Å². The van der Waals surface area contributed by atoms with Crippen molar-refractivity contribution in [2.75, 3.05) is 5.73 Å². The summed E-state index contributed by atoms with van der Waals surface area (Å²) in [4.78, 5) is 0. The van der Waals surface area contributed by atoms with E-state index in [9.17, 15) is 4.39 Å². The second kappa shape index (κ2) is 5.19. The summed E-state index contributed by atoms with van der Waals surface area (Å²) in [6.45, 7) is 0. The molecule has 0 atom stereocenters. The lowest BCUT2D eigenvalue weighted by atomic mass is 10.0. The molecule has 0 saturated carbocycles. The fourth-order valence-electron chi connectivity index (χ4n) is 1.72. The minimum Gasteiger partial charge on any atom is -0.398 e. The van der Waals surface area contributed by atoms with Crippen LogP contribution in [-0.2, 0) is 6.42 Å². The first-order valence-corrected chi connectivity index (χ1v) is 5.82. The van der Waals surface area contributed by atoms with Gasteiger partial charge in [0, 0.05) is 28.4 Å². The van der Waals surface area contributed by atoms with E-state index >= 15 is 0 Å². The van der Waals surface area contributed by atoms with Crippen molar-refractivity contribution in [3.63, 3.8) is 0 Å². The lowest BCUT2D eigenvalue weighted by Crippen LogP contribution is -2.08. The molecule has 0 spiro atoms. The van der Waals surface area contributed by atoms with Crippen LogP contribution in [0.1, 0.15) is 11.1 Å². The fraction of sp³-hybridized carbons (Fsp3) is 0.0714. The molecule has 2 nitrogen and oxygen atoms in total. The topological polar surface area (TPSA) is 49.9 Å². The van der Waals surface area contributed by atoms with Gasteiger partial charge in [-0.1, -0.05) is 35.9 Å². The number of rotatable bonds is 3. The Kier molecular flexibility index (Phi) is 3.63. The molecule has 0 heterocycles. The van der Waals surface area contributed by atoms with Crippen molar-refractivity contribution in [1.82, 2.24) is 0 Å². The quantitative estimate of drug-likeness (QED) is 0.643. The summed E-state index contributed by atoms with van der Waals surface area (Å²) >= 11 is 5.68. The van der Waals surface area contributed by atoms with Crippen LogP contribution >= 0.6 is 11.6 Å². The molecule has 0 aliphatic carbocycles. The highest BCUT2D eigenvalue weighted by Gasteiger charge is 2.09. The second-order valence-electron chi connectivity index (χ2n) is 3.98. The molecule has 0 saturated heterocycles. The minimum atomic E-state index is -0.401. The molecule has 0 fully saturated rings. The Morgan fingerprint density at radius 1 is 1.22 bits per heavy atom. The van der Waals surface area contributed by atoms with Crippen molar-refractivity contribution < 1.29 is 4.39 Å². The highest BCUT2D eigenvalue weighted by molar-refractivity contribution is 6.30. The van der Waals surface area contributed by atoms with Crippen LogP contribution in [0.25, 0.3) is 0 Å². The molecule has 2 aromatic carbocycles. The Hall–Kier alpha value is -1.87. The van der Waals surface area contributed by atoms with Crippen molar-refractivity contribution in [3.05, 3.63) is 64.4 Å². The van der Waals surface area contributed by atoms with Gasteiger partial charge in [-0.3, -0.25) is 0 Å². The zero-order valence-corrected chi connectivity index (χ0v) is 10.3. The van der Waals surface area contributed by atoms with Crippen molar-refractivity contribution in [2.45, 2.75) is 6.42 Å². The average Bonchev–Trinajstić information content (AvgIpc) is 2.33. The summed E-state index contributed by atoms with van der Waals surface area (Å²) in [6.07, 6.45) is 0.192. The third-order valence-electron chi connectivity index (χ3n) is 2.67. The molecule has 0 amide bonds. The largest absolute Gasteiger partial charge is 0.398 e. The van der Waals surface area contributed by atoms with Gasteiger partial charge in [0.2, 0.25) is 0 Å². The molecule has 0 aliphatic rings. The van der Waals surface area contributed by atoms with Gasteiger partial charge < -0.3 is 11.1 Å². The molecular formula is C14H12ClFN2. The molecule has 0 aliphatic heterocycles. The monoisotopic (exact) mass is 262 g/mol. The number of halogens is 2. The van der Waals surface area contributed by atoms with E-state index in [2.05, 4.69) is 0 Å². The summed E-state index contributed by atoms with van der Waals surface area (Å²) in [5.41, 5.74) is 7.66. The fourth-order valence-corrected chi connectivity index (χ4v) is 1.88. The van der Waals surface area contributed by atoms with E-state index < -0.39 is 5.82 Å². The Bertz CT molecular complexity index is 596. The van der Waals surface area contributed by atoms with Crippen LogP contribution in [0.2, 0.25) is 5.02 Å². The highest BCUT2D eigenvalue weighted by Crippen LogP contribution is 2.18. The number of nitrogen functional groups attached to an aromatic ring is 1. The average molecular weight is 263 g/mol. The number of para-hydroxylation sites is 1. The summed E-state index contributed by atoms with van der Waals surface area (Å²) in [6, 6.07) is 11.5.